The van der Waals surface area contributed by atoms with Gasteiger partial charge in [-0.25, -0.2) is 4.68 Å². The molecule has 0 saturated heterocycles. The predicted molar refractivity (Wildman–Crippen MR) is 156 cm³/mol. The van der Waals surface area contributed by atoms with Crippen LogP contribution in [0.4, 0.5) is 5.69 Å². The van der Waals surface area contributed by atoms with E-state index < -0.39 is 0 Å². The van der Waals surface area contributed by atoms with Gasteiger partial charge < -0.3 is 5.32 Å². The average molecular weight is 518 g/mol. The molecular weight excluding hydrogens is 482 g/mol. The minimum Gasteiger partial charge on any atom is -0.326 e. The van der Waals surface area contributed by atoms with Gasteiger partial charge in [-0.05, 0) is 78.8 Å². The number of rotatable bonds is 9. The second-order valence-corrected chi connectivity index (χ2v) is 11.2. The number of hydrogen-bond acceptors (Lipinski definition) is 3. The molecule has 0 bridgehead atoms. The van der Waals surface area contributed by atoms with Gasteiger partial charge in [0, 0.05) is 17.3 Å². The van der Waals surface area contributed by atoms with Gasteiger partial charge in [-0.2, -0.15) is 5.10 Å². The number of benzene rings is 3. The first kappa shape index (κ1) is 25.3. The van der Waals surface area contributed by atoms with E-state index >= 15 is 0 Å². The molecule has 1 unspecified atom stereocenters. The van der Waals surface area contributed by atoms with Crippen LogP contribution in [0, 0.1) is 11.8 Å². The topological polar surface area (TPSA) is 64.0 Å². The Morgan fingerprint density at radius 2 is 1.62 bits per heavy atom. The molecule has 6 rings (SSSR count). The van der Waals surface area contributed by atoms with Crippen molar-refractivity contribution < 1.29 is 4.79 Å². The van der Waals surface area contributed by atoms with Crippen molar-refractivity contribution in [3.05, 3.63) is 118 Å². The zero-order valence-corrected chi connectivity index (χ0v) is 22.3. The number of carbonyl (C=O) groups is 1. The Bertz CT molecular complexity index is 1480. The third-order valence-electron chi connectivity index (χ3n) is 8.18. The summed E-state index contributed by atoms with van der Waals surface area (Å²) in [5, 5.41) is 7.84. The molecule has 5 nitrogen and oxygen atoms in total. The molecule has 1 aromatic heterocycles. The standard InChI is InChI=1S/C34H35N3O2/c38-32-20-19-31(27-8-2-1-3-9-27)36-37(32)23-25-15-17-29(18-16-25)33(28-10-4-5-11-28)34(39)35-30-12-6-7-26(22-30)21-24-13-14-24/h1-3,6-9,12,15-20,22,24,28,33H,4-5,10-11,13-14,21,23H2,(H,35,39). The molecule has 39 heavy (non-hydrogen) atoms. The molecule has 1 atom stereocenters. The SMILES string of the molecule is O=C(Nc1cccc(CC2CC2)c1)C(c1ccc(Cn2nc(-c3ccccc3)ccc2=O)cc1)C1CCCC1. The molecule has 2 aliphatic rings. The van der Waals surface area contributed by atoms with Crippen LogP contribution in [0.3, 0.4) is 0 Å². The summed E-state index contributed by atoms with van der Waals surface area (Å²) in [5.41, 5.74) is 5.83. The van der Waals surface area contributed by atoms with Gasteiger partial charge in [0.1, 0.15) is 0 Å². The maximum Gasteiger partial charge on any atom is 0.267 e. The van der Waals surface area contributed by atoms with Gasteiger partial charge in [0.2, 0.25) is 5.91 Å². The van der Waals surface area contributed by atoms with Crippen molar-refractivity contribution in [2.45, 2.75) is 57.4 Å². The maximum atomic E-state index is 13.7. The Hall–Kier alpha value is -3.99. The Morgan fingerprint density at radius 1 is 0.846 bits per heavy atom. The lowest BCUT2D eigenvalue weighted by molar-refractivity contribution is -0.118. The van der Waals surface area contributed by atoms with Crippen LogP contribution in [-0.4, -0.2) is 15.7 Å². The highest BCUT2D eigenvalue weighted by Gasteiger charge is 2.32. The normalized spacial score (nSPS) is 16.2. The summed E-state index contributed by atoms with van der Waals surface area (Å²) in [4.78, 5) is 26.2. The monoisotopic (exact) mass is 517 g/mol. The predicted octanol–water partition coefficient (Wildman–Crippen LogP) is 6.82. The quantitative estimate of drug-likeness (QED) is 0.265. The Labute approximate surface area is 229 Å². The summed E-state index contributed by atoms with van der Waals surface area (Å²) in [7, 11) is 0. The molecule has 5 heteroatoms. The molecule has 1 heterocycles. The lowest BCUT2D eigenvalue weighted by atomic mass is 9.83. The molecule has 2 saturated carbocycles. The minimum atomic E-state index is -0.184. The fraction of sp³-hybridized carbons (Fsp3) is 0.324. The van der Waals surface area contributed by atoms with Crippen LogP contribution in [-0.2, 0) is 17.8 Å². The molecule has 2 aliphatic carbocycles. The Kier molecular flexibility index (Phi) is 7.40. The number of nitrogens with one attached hydrogen (secondary N) is 1. The van der Waals surface area contributed by atoms with E-state index in [4.69, 9.17) is 0 Å². The molecule has 0 radical (unpaired) electrons. The fourth-order valence-electron chi connectivity index (χ4n) is 5.91. The van der Waals surface area contributed by atoms with E-state index in [-0.39, 0.29) is 17.4 Å². The van der Waals surface area contributed by atoms with Crippen molar-refractivity contribution in [3.8, 4) is 11.3 Å². The Morgan fingerprint density at radius 3 is 2.36 bits per heavy atom. The summed E-state index contributed by atoms with van der Waals surface area (Å²) >= 11 is 0. The van der Waals surface area contributed by atoms with Gasteiger partial charge in [-0.15, -0.1) is 0 Å². The zero-order valence-electron chi connectivity index (χ0n) is 22.3. The van der Waals surface area contributed by atoms with E-state index in [1.54, 1.807) is 12.1 Å². The van der Waals surface area contributed by atoms with E-state index in [2.05, 4.69) is 40.7 Å². The molecule has 198 valence electrons. The highest BCUT2D eigenvalue weighted by molar-refractivity contribution is 5.96. The van der Waals surface area contributed by atoms with Crippen LogP contribution >= 0.6 is 0 Å². The second kappa shape index (κ2) is 11.4. The number of hydrogen-bond donors (Lipinski definition) is 1. The molecule has 1 N–H and O–H groups in total. The second-order valence-electron chi connectivity index (χ2n) is 11.2. The van der Waals surface area contributed by atoms with Gasteiger partial charge in [0.15, 0.2) is 0 Å². The fourth-order valence-corrected chi connectivity index (χ4v) is 5.91. The lowest BCUT2D eigenvalue weighted by Gasteiger charge is -2.24. The van der Waals surface area contributed by atoms with Crippen molar-refractivity contribution in [2.75, 3.05) is 5.32 Å². The molecule has 1 amide bonds. The smallest absolute Gasteiger partial charge is 0.267 e. The number of anilines is 1. The van der Waals surface area contributed by atoms with Crippen LogP contribution < -0.4 is 10.9 Å². The molecule has 0 spiro atoms. The van der Waals surface area contributed by atoms with Crippen LogP contribution in [0.2, 0.25) is 0 Å². The van der Waals surface area contributed by atoms with Gasteiger partial charge in [-0.3, -0.25) is 9.59 Å². The average Bonchev–Trinajstić information content (AvgIpc) is 3.61. The van der Waals surface area contributed by atoms with Crippen molar-refractivity contribution in [3.63, 3.8) is 0 Å². The third-order valence-corrected chi connectivity index (χ3v) is 8.18. The van der Waals surface area contributed by atoms with Gasteiger partial charge in [-0.1, -0.05) is 79.6 Å². The van der Waals surface area contributed by atoms with Crippen molar-refractivity contribution in [1.29, 1.82) is 0 Å². The van der Waals surface area contributed by atoms with Gasteiger partial charge in [0.05, 0.1) is 18.2 Å². The zero-order chi connectivity index (χ0) is 26.6. The first-order valence-electron chi connectivity index (χ1n) is 14.2. The summed E-state index contributed by atoms with van der Waals surface area (Å²) in [5.74, 6) is 1.05. The summed E-state index contributed by atoms with van der Waals surface area (Å²) < 4.78 is 1.51. The van der Waals surface area contributed by atoms with Gasteiger partial charge in [0.25, 0.3) is 5.56 Å². The van der Waals surface area contributed by atoms with Crippen molar-refractivity contribution >= 4 is 11.6 Å². The summed E-state index contributed by atoms with van der Waals surface area (Å²) in [6.07, 6.45) is 8.24. The van der Waals surface area contributed by atoms with Crippen LogP contribution in [0.15, 0.2) is 95.8 Å². The Balaban J connectivity index is 1.20. The summed E-state index contributed by atoms with van der Waals surface area (Å²) in [6.45, 7) is 0.383. The van der Waals surface area contributed by atoms with Crippen LogP contribution in [0.1, 0.15) is 61.1 Å². The maximum absolute atomic E-state index is 13.7. The van der Waals surface area contributed by atoms with Crippen molar-refractivity contribution in [2.24, 2.45) is 11.8 Å². The highest BCUT2D eigenvalue weighted by Crippen LogP contribution is 2.38. The molecule has 2 fully saturated rings. The van der Waals surface area contributed by atoms with E-state index in [0.29, 0.717) is 12.5 Å². The molecule has 0 aliphatic heterocycles. The largest absolute Gasteiger partial charge is 0.326 e. The first-order valence-corrected chi connectivity index (χ1v) is 14.2. The molecule has 3 aromatic carbocycles. The first-order chi connectivity index (χ1) is 19.1. The number of carbonyl (C=O) groups excluding carboxylic acids is 1. The lowest BCUT2D eigenvalue weighted by Crippen LogP contribution is -2.26. The van der Waals surface area contributed by atoms with E-state index in [1.165, 1.54) is 35.9 Å². The highest BCUT2D eigenvalue weighted by atomic mass is 16.2. The molecule has 4 aromatic rings. The van der Waals surface area contributed by atoms with E-state index in [9.17, 15) is 9.59 Å². The minimum absolute atomic E-state index is 0.0756. The van der Waals surface area contributed by atoms with Crippen LogP contribution in [0.25, 0.3) is 11.3 Å². The summed E-state index contributed by atoms with van der Waals surface area (Å²) in [6, 6.07) is 29.8. The van der Waals surface area contributed by atoms with Crippen molar-refractivity contribution in [1.82, 2.24) is 9.78 Å². The van der Waals surface area contributed by atoms with E-state index in [1.807, 2.05) is 48.5 Å². The van der Waals surface area contributed by atoms with E-state index in [0.717, 1.165) is 53.3 Å². The number of amides is 1. The molecular formula is C34H35N3O2. The van der Waals surface area contributed by atoms with Crippen LogP contribution in [0.5, 0.6) is 0 Å². The third kappa shape index (κ3) is 6.19. The number of nitrogens with zero attached hydrogens (tertiary/aromatic N) is 2. The number of aromatic nitrogens is 2. The van der Waals surface area contributed by atoms with Gasteiger partial charge >= 0.3 is 0 Å².